The van der Waals surface area contributed by atoms with E-state index in [1.54, 1.807) is 0 Å². The molecule has 2 heteroatoms. The zero-order valence-electron chi connectivity index (χ0n) is 6.88. The third kappa shape index (κ3) is 1.84. The minimum absolute atomic E-state index is 0.0602. The lowest BCUT2D eigenvalue weighted by atomic mass is 9.93. The fraction of sp³-hybridized carbons (Fsp3) is 0.556. The molecule has 0 aromatic carbocycles. The lowest BCUT2D eigenvalue weighted by Gasteiger charge is -2.26. The first kappa shape index (κ1) is 8.34. The Balaban J connectivity index is 2.63. The van der Waals surface area contributed by atoms with Gasteiger partial charge in [0.25, 0.3) is 0 Å². The van der Waals surface area contributed by atoms with Crippen LogP contribution in [0.3, 0.4) is 0 Å². The molecule has 1 unspecified atom stereocenters. The molecule has 0 aromatic rings. The zero-order valence-corrected chi connectivity index (χ0v) is 6.88. The van der Waals surface area contributed by atoms with Crippen LogP contribution in [0.2, 0.25) is 0 Å². The number of aliphatic hydroxyl groups is 1. The molecule has 0 bridgehead atoms. The van der Waals surface area contributed by atoms with Crippen molar-refractivity contribution in [2.75, 3.05) is 6.54 Å². The molecule has 62 valence electrons. The molecule has 1 rings (SSSR count). The molecule has 0 radical (unpaired) electrons. The number of hydrogen-bond donors (Lipinski definition) is 2. The van der Waals surface area contributed by atoms with Gasteiger partial charge in [-0.25, -0.2) is 0 Å². The van der Waals surface area contributed by atoms with E-state index in [-0.39, 0.29) is 11.8 Å². The molecule has 0 saturated carbocycles. The molecule has 2 atom stereocenters. The van der Waals surface area contributed by atoms with Gasteiger partial charge in [0, 0.05) is 6.54 Å². The summed E-state index contributed by atoms with van der Waals surface area (Å²) in [5.74, 6) is 0.655. The Morgan fingerprint density at radius 2 is 2.55 bits per heavy atom. The van der Waals surface area contributed by atoms with E-state index in [2.05, 4.69) is 31.0 Å². The second-order valence-electron chi connectivity index (χ2n) is 2.88. The van der Waals surface area contributed by atoms with Crippen molar-refractivity contribution in [2.24, 2.45) is 5.92 Å². The Bertz CT molecular complexity index is 174. The van der Waals surface area contributed by atoms with Crippen molar-refractivity contribution in [1.82, 2.24) is 5.32 Å². The van der Waals surface area contributed by atoms with Gasteiger partial charge in [0.05, 0.1) is 6.04 Å². The van der Waals surface area contributed by atoms with Crippen LogP contribution in [0.1, 0.15) is 13.3 Å². The van der Waals surface area contributed by atoms with Crippen molar-refractivity contribution >= 4 is 0 Å². The molecule has 1 heterocycles. The second-order valence-corrected chi connectivity index (χ2v) is 2.88. The fourth-order valence-electron chi connectivity index (χ4n) is 1.44. The van der Waals surface area contributed by atoms with Crippen LogP contribution >= 0.6 is 0 Å². The van der Waals surface area contributed by atoms with Crippen LogP contribution in [0.5, 0.6) is 0 Å². The maximum absolute atomic E-state index is 9.19. The van der Waals surface area contributed by atoms with Crippen molar-refractivity contribution in [3.05, 3.63) is 24.5 Å². The molecule has 0 saturated heterocycles. The second kappa shape index (κ2) is 3.58. The lowest BCUT2D eigenvalue weighted by molar-refractivity contribution is 0.300. The van der Waals surface area contributed by atoms with Crippen molar-refractivity contribution in [3.63, 3.8) is 0 Å². The van der Waals surface area contributed by atoms with Crippen LogP contribution in [0.4, 0.5) is 0 Å². The van der Waals surface area contributed by atoms with E-state index in [1.807, 2.05) is 0 Å². The Morgan fingerprint density at radius 1 is 1.82 bits per heavy atom. The highest BCUT2D eigenvalue weighted by atomic mass is 16.3. The van der Waals surface area contributed by atoms with E-state index in [0.717, 1.165) is 13.0 Å². The predicted molar refractivity (Wildman–Crippen MR) is 46.5 cm³/mol. The quantitative estimate of drug-likeness (QED) is 0.466. The minimum Gasteiger partial charge on any atom is -0.511 e. The van der Waals surface area contributed by atoms with Gasteiger partial charge in [-0.05, 0) is 12.3 Å². The summed E-state index contributed by atoms with van der Waals surface area (Å²) in [6.45, 7) is 6.48. The van der Waals surface area contributed by atoms with Crippen molar-refractivity contribution < 1.29 is 5.11 Å². The normalized spacial score (nSPS) is 30.3. The smallest absolute Gasteiger partial charge is 0.103 e. The first-order chi connectivity index (χ1) is 5.25. The summed E-state index contributed by atoms with van der Waals surface area (Å²) in [6, 6.07) is 0.0602. The molecule has 1 aliphatic rings. The van der Waals surface area contributed by atoms with Crippen molar-refractivity contribution in [1.29, 1.82) is 0 Å². The first-order valence-electron chi connectivity index (χ1n) is 4.03. The summed E-state index contributed by atoms with van der Waals surface area (Å²) >= 11 is 0. The van der Waals surface area contributed by atoms with Gasteiger partial charge in [0.2, 0.25) is 0 Å². The van der Waals surface area contributed by atoms with E-state index < -0.39 is 0 Å². The Morgan fingerprint density at radius 3 is 3.00 bits per heavy atom. The predicted octanol–water partition coefficient (Wildman–Crippen LogP) is 1.61. The summed E-state index contributed by atoms with van der Waals surface area (Å²) in [5, 5.41) is 12.4. The number of hydrogen-bond acceptors (Lipinski definition) is 2. The van der Waals surface area contributed by atoms with Crippen LogP contribution in [0.25, 0.3) is 0 Å². The van der Waals surface area contributed by atoms with Gasteiger partial charge < -0.3 is 10.4 Å². The monoisotopic (exact) mass is 153 g/mol. The highest BCUT2D eigenvalue weighted by Crippen LogP contribution is 2.17. The van der Waals surface area contributed by atoms with Gasteiger partial charge in [-0.3, -0.25) is 0 Å². The van der Waals surface area contributed by atoms with Gasteiger partial charge in [0.15, 0.2) is 0 Å². The third-order valence-corrected chi connectivity index (χ3v) is 2.10. The van der Waals surface area contributed by atoms with E-state index in [0.29, 0.717) is 5.92 Å². The Hall–Kier alpha value is -0.760. The van der Waals surface area contributed by atoms with Crippen LogP contribution < -0.4 is 5.32 Å². The first-order valence-corrected chi connectivity index (χ1v) is 4.03. The molecule has 0 aromatic heterocycles. The van der Waals surface area contributed by atoms with Crippen molar-refractivity contribution in [2.45, 2.75) is 19.4 Å². The summed E-state index contributed by atoms with van der Waals surface area (Å²) in [5.41, 5.74) is 0. The third-order valence-electron chi connectivity index (χ3n) is 2.10. The van der Waals surface area contributed by atoms with Gasteiger partial charge in [-0.15, -0.1) is 0 Å². The Labute approximate surface area is 67.6 Å². The van der Waals surface area contributed by atoms with Gasteiger partial charge in [-0.2, -0.15) is 0 Å². The average molecular weight is 153 g/mol. The van der Waals surface area contributed by atoms with E-state index >= 15 is 0 Å². The maximum atomic E-state index is 9.19. The van der Waals surface area contributed by atoms with Crippen LogP contribution in [-0.2, 0) is 0 Å². The van der Waals surface area contributed by atoms with E-state index in [1.165, 1.54) is 0 Å². The minimum atomic E-state index is 0.0602. The lowest BCUT2D eigenvalue weighted by Crippen LogP contribution is -2.39. The highest BCUT2D eigenvalue weighted by Gasteiger charge is 2.21. The molecule has 2 N–H and O–H groups in total. The largest absolute Gasteiger partial charge is 0.511 e. The SMILES string of the molecule is C=C(O)C1NCC=C[C@@H]1CC. The van der Waals surface area contributed by atoms with E-state index in [9.17, 15) is 5.11 Å². The number of aliphatic hydroxyl groups excluding tert-OH is 1. The van der Waals surface area contributed by atoms with Gasteiger partial charge in [0.1, 0.15) is 5.76 Å². The number of rotatable bonds is 2. The van der Waals surface area contributed by atoms with Crippen LogP contribution in [-0.4, -0.2) is 17.7 Å². The maximum Gasteiger partial charge on any atom is 0.103 e. The average Bonchev–Trinajstić information content (AvgIpc) is 2.04. The summed E-state index contributed by atoms with van der Waals surface area (Å²) in [4.78, 5) is 0. The van der Waals surface area contributed by atoms with Gasteiger partial charge in [-0.1, -0.05) is 25.7 Å². The van der Waals surface area contributed by atoms with E-state index in [4.69, 9.17) is 0 Å². The molecule has 0 fully saturated rings. The van der Waals surface area contributed by atoms with Crippen molar-refractivity contribution in [3.8, 4) is 0 Å². The Kier molecular flexibility index (Phi) is 2.71. The standard InChI is InChI=1S/C9H15NO/c1-3-8-5-4-6-10-9(8)7(2)11/h4-5,8-11H,2-3,6H2,1H3/t8-,9?/m0/s1. The molecule has 0 spiro atoms. The van der Waals surface area contributed by atoms with Gasteiger partial charge >= 0.3 is 0 Å². The molecular formula is C9H15NO. The van der Waals surface area contributed by atoms with Crippen LogP contribution in [0, 0.1) is 5.92 Å². The molecule has 2 nitrogen and oxygen atoms in total. The summed E-state index contributed by atoms with van der Waals surface area (Å²) in [6.07, 6.45) is 5.27. The summed E-state index contributed by atoms with van der Waals surface area (Å²) < 4.78 is 0. The zero-order chi connectivity index (χ0) is 8.27. The van der Waals surface area contributed by atoms with Crippen LogP contribution in [0.15, 0.2) is 24.5 Å². The topological polar surface area (TPSA) is 32.3 Å². The number of nitrogens with one attached hydrogen (secondary N) is 1. The molecule has 11 heavy (non-hydrogen) atoms. The fourth-order valence-corrected chi connectivity index (χ4v) is 1.44. The summed E-state index contributed by atoms with van der Waals surface area (Å²) in [7, 11) is 0. The highest BCUT2D eigenvalue weighted by molar-refractivity contribution is 5.09. The molecule has 0 aliphatic carbocycles. The molecular weight excluding hydrogens is 138 g/mol. The molecule has 1 aliphatic heterocycles. The molecule has 0 amide bonds.